The van der Waals surface area contributed by atoms with Crippen LogP contribution in [0.4, 0.5) is 0 Å². The molecule has 0 saturated carbocycles. The molecule has 0 spiro atoms. The Balaban J connectivity index is 1.73. The monoisotopic (exact) mass is 291 g/mol. The number of rotatable bonds is 6. The molecule has 21 heavy (non-hydrogen) atoms. The molecule has 2 rings (SSSR count). The molecule has 1 aliphatic heterocycles. The molecule has 1 aromatic rings. The van der Waals surface area contributed by atoms with Crippen LogP contribution in [0.5, 0.6) is 0 Å². The lowest BCUT2D eigenvalue weighted by molar-refractivity contribution is -0.122. The van der Waals surface area contributed by atoms with Crippen molar-refractivity contribution in [3.05, 3.63) is 35.9 Å². The van der Waals surface area contributed by atoms with Gasteiger partial charge in [0.2, 0.25) is 5.91 Å². The smallest absolute Gasteiger partial charge is 0.222 e. The van der Waals surface area contributed by atoms with Crippen molar-refractivity contribution in [1.29, 1.82) is 0 Å². The lowest BCUT2D eigenvalue weighted by Gasteiger charge is -2.29. The fourth-order valence-electron chi connectivity index (χ4n) is 2.57. The van der Waals surface area contributed by atoms with E-state index in [2.05, 4.69) is 10.2 Å². The molecule has 5 nitrogen and oxygen atoms in total. The van der Waals surface area contributed by atoms with Gasteiger partial charge in [0.05, 0.1) is 13.2 Å². The van der Waals surface area contributed by atoms with Crippen LogP contribution in [0.15, 0.2) is 30.3 Å². The van der Waals surface area contributed by atoms with Crippen molar-refractivity contribution in [3.63, 3.8) is 0 Å². The van der Waals surface area contributed by atoms with Gasteiger partial charge in [-0.25, -0.2) is 0 Å². The van der Waals surface area contributed by atoms with Crippen molar-refractivity contribution in [1.82, 2.24) is 10.2 Å². The Hall–Kier alpha value is -1.43. The highest BCUT2D eigenvalue weighted by molar-refractivity contribution is 5.77. The van der Waals surface area contributed by atoms with Crippen LogP contribution in [0, 0.1) is 0 Å². The molecule has 1 aliphatic rings. The zero-order valence-electron chi connectivity index (χ0n) is 12.6. The summed E-state index contributed by atoms with van der Waals surface area (Å²) >= 11 is 0. The minimum atomic E-state index is -0.248. The fraction of sp³-hybridized carbons (Fsp3) is 0.562. The molecule has 1 aromatic carbocycles. The fourth-order valence-corrected chi connectivity index (χ4v) is 2.57. The van der Waals surface area contributed by atoms with E-state index in [4.69, 9.17) is 10.5 Å². The van der Waals surface area contributed by atoms with Gasteiger partial charge in [-0.2, -0.15) is 0 Å². The van der Waals surface area contributed by atoms with Crippen molar-refractivity contribution in [2.24, 2.45) is 5.73 Å². The van der Waals surface area contributed by atoms with Gasteiger partial charge in [-0.1, -0.05) is 30.3 Å². The summed E-state index contributed by atoms with van der Waals surface area (Å²) in [6.07, 6.45) is 0.317. The highest BCUT2D eigenvalue weighted by Crippen LogP contribution is 2.13. The summed E-state index contributed by atoms with van der Waals surface area (Å²) in [6.45, 7) is 6.31. The first-order valence-electron chi connectivity index (χ1n) is 7.55. The lowest BCUT2D eigenvalue weighted by atomic mass is 10.0. The zero-order chi connectivity index (χ0) is 15.1. The number of ether oxygens (including phenoxy) is 1. The summed E-state index contributed by atoms with van der Waals surface area (Å²) in [4.78, 5) is 14.4. The molecule has 2 atom stereocenters. The number of hydrogen-bond donors (Lipinski definition) is 2. The molecule has 1 amide bonds. The largest absolute Gasteiger partial charge is 0.379 e. The third-order valence-electron chi connectivity index (χ3n) is 3.68. The van der Waals surface area contributed by atoms with Crippen LogP contribution < -0.4 is 11.1 Å². The molecule has 1 saturated heterocycles. The van der Waals surface area contributed by atoms with E-state index in [1.165, 1.54) is 0 Å². The van der Waals surface area contributed by atoms with Crippen molar-refractivity contribution in [3.8, 4) is 0 Å². The number of carbonyl (C=O) groups is 1. The molecule has 1 fully saturated rings. The Kier molecular flexibility index (Phi) is 6.17. The van der Waals surface area contributed by atoms with E-state index in [0.29, 0.717) is 6.42 Å². The number of benzene rings is 1. The second-order valence-corrected chi connectivity index (χ2v) is 5.60. The van der Waals surface area contributed by atoms with Crippen LogP contribution in [0.2, 0.25) is 0 Å². The van der Waals surface area contributed by atoms with Crippen molar-refractivity contribution in [2.75, 3.05) is 32.8 Å². The lowest BCUT2D eigenvalue weighted by Crippen LogP contribution is -2.46. The normalized spacial score (nSPS) is 19.0. The third-order valence-corrected chi connectivity index (χ3v) is 3.68. The van der Waals surface area contributed by atoms with Crippen molar-refractivity contribution >= 4 is 5.91 Å². The maximum Gasteiger partial charge on any atom is 0.222 e. The second kappa shape index (κ2) is 8.12. The molecule has 2 unspecified atom stereocenters. The molecule has 0 radical (unpaired) electrons. The average Bonchev–Trinajstić information content (AvgIpc) is 2.48. The van der Waals surface area contributed by atoms with Crippen LogP contribution in [0.1, 0.15) is 24.9 Å². The molecular formula is C16H25N3O2. The van der Waals surface area contributed by atoms with Gasteiger partial charge in [-0.15, -0.1) is 0 Å². The Morgan fingerprint density at radius 3 is 2.67 bits per heavy atom. The van der Waals surface area contributed by atoms with Crippen molar-refractivity contribution in [2.45, 2.75) is 25.4 Å². The van der Waals surface area contributed by atoms with E-state index in [9.17, 15) is 4.79 Å². The van der Waals surface area contributed by atoms with E-state index in [-0.39, 0.29) is 18.0 Å². The number of hydrogen-bond acceptors (Lipinski definition) is 4. The van der Waals surface area contributed by atoms with Gasteiger partial charge in [0.1, 0.15) is 0 Å². The molecule has 0 aliphatic carbocycles. The molecule has 3 N–H and O–H groups in total. The third kappa shape index (κ3) is 5.46. The summed E-state index contributed by atoms with van der Waals surface area (Å²) in [6, 6.07) is 9.60. The first kappa shape index (κ1) is 15.9. The predicted molar refractivity (Wildman–Crippen MR) is 82.9 cm³/mol. The molecule has 1 heterocycles. The molecule has 0 bridgehead atoms. The van der Waals surface area contributed by atoms with Crippen LogP contribution in [0.3, 0.4) is 0 Å². The molecule has 0 aromatic heterocycles. The van der Waals surface area contributed by atoms with Crippen molar-refractivity contribution < 1.29 is 9.53 Å². The Morgan fingerprint density at radius 1 is 1.33 bits per heavy atom. The van der Waals surface area contributed by atoms with Gasteiger partial charge in [0.15, 0.2) is 0 Å². The minimum absolute atomic E-state index is 0.00659. The first-order valence-corrected chi connectivity index (χ1v) is 7.55. The summed E-state index contributed by atoms with van der Waals surface area (Å²) in [7, 11) is 0. The van der Waals surface area contributed by atoms with Gasteiger partial charge in [0, 0.05) is 38.1 Å². The summed E-state index contributed by atoms with van der Waals surface area (Å²) in [5, 5.41) is 3.03. The number of carbonyl (C=O) groups excluding carboxylic acids is 1. The predicted octanol–water partition coefficient (Wildman–Crippen LogP) is 0.913. The Bertz CT molecular complexity index is 432. The van der Waals surface area contributed by atoms with E-state index >= 15 is 0 Å². The van der Waals surface area contributed by atoms with E-state index in [0.717, 1.165) is 38.4 Å². The highest BCUT2D eigenvalue weighted by atomic mass is 16.5. The number of nitrogens with two attached hydrogens (primary N) is 1. The topological polar surface area (TPSA) is 67.6 Å². The van der Waals surface area contributed by atoms with Gasteiger partial charge in [-0.3, -0.25) is 9.69 Å². The number of morpholine rings is 1. The van der Waals surface area contributed by atoms with Crippen LogP contribution >= 0.6 is 0 Å². The summed E-state index contributed by atoms with van der Waals surface area (Å²) in [5.41, 5.74) is 7.06. The maximum absolute atomic E-state index is 12.0. The van der Waals surface area contributed by atoms with Gasteiger partial charge < -0.3 is 15.8 Å². The Morgan fingerprint density at radius 2 is 2.00 bits per heavy atom. The highest BCUT2D eigenvalue weighted by Gasteiger charge is 2.17. The molecule has 5 heteroatoms. The Labute approximate surface area is 126 Å². The zero-order valence-corrected chi connectivity index (χ0v) is 12.6. The van der Waals surface area contributed by atoms with Crippen LogP contribution in [-0.4, -0.2) is 49.7 Å². The average molecular weight is 291 g/mol. The van der Waals surface area contributed by atoms with Crippen LogP contribution in [-0.2, 0) is 9.53 Å². The molecule has 116 valence electrons. The van der Waals surface area contributed by atoms with Gasteiger partial charge in [0.25, 0.3) is 0 Å². The second-order valence-electron chi connectivity index (χ2n) is 5.60. The standard InChI is InChI=1S/C16H25N3O2/c1-13(12-19-7-9-21-10-8-19)18-16(20)11-15(17)14-5-3-2-4-6-14/h2-6,13,15H,7-12,17H2,1H3,(H,18,20). The first-order chi connectivity index (χ1) is 10.1. The van der Waals surface area contributed by atoms with E-state index in [1.54, 1.807) is 0 Å². The van der Waals surface area contributed by atoms with Crippen LogP contribution in [0.25, 0.3) is 0 Å². The van der Waals surface area contributed by atoms with E-state index < -0.39 is 0 Å². The number of nitrogens with zero attached hydrogens (tertiary/aromatic N) is 1. The van der Waals surface area contributed by atoms with Gasteiger partial charge >= 0.3 is 0 Å². The number of nitrogens with one attached hydrogen (secondary N) is 1. The number of amides is 1. The maximum atomic E-state index is 12.0. The summed E-state index contributed by atoms with van der Waals surface area (Å²) in [5.74, 6) is 0.00659. The quantitative estimate of drug-likeness (QED) is 0.817. The van der Waals surface area contributed by atoms with E-state index in [1.807, 2.05) is 37.3 Å². The minimum Gasteiger partial charge on any atom is -0.379 e. The molecular weight excluding hydrogens is 266 g/mol. The SMILES string of the molecule is CC(CN1CCOCC1)NC(=O)CC(N)c1ccccc1. The summed E-state index contributed by atoms with van der Waals surface area (Å²) < 4.78 is 5.32. The van der Waals surface area contributed by atoms with Gasteiger partial charge in [-0.05, 0) is 12.5 Å².